The largest absolute Gasteiger partial charge is 0.274 e. The summed E-state index contributed by atoms with van der Waals surface area (Å²) in [6, 6.07) is 49.8. The van der Waals surface area contributed by atoms with Gasteiger partial charge in [0.2, 0.25) is 0 Å². The second-order valence-corrected chi connectivity index (χ2v) is 11.7. The van der Waals surface area contributed by atoms with E-state index in [0.29, 0.717) is 0 Å². The molecule has 0 radical (unpaired) electrons. The summed E-state index contributed by atoms with van der Waals surface area (Å²) < 4.78 is 4.86. The van der Waals surface area contributed by atoms with Gasteiger partial charge in [-0.15, -0.1) is 21.5 Å². The van der Waals surface area contributed by atoms with Gasteiger partial charge in [0.05, 0.1) is 5.52 Å². The predicted molar refractivity (Wildman–Crippen MR) is 177 cm³/mol. The average molecular weight is 554 g/mol. The first-order chi connectivity index (χ1) is 20.8. The van der Waals surface area contributed by atoms with Gasteiger partial charge in [-0.2, -0.15) is 0 Å². The highest BCUT2D eigenvalue weighted by molar-refractivity contribution is 7.26. The van der Waals surface area contributed by atoms with Crippen molar-refractivity contribution in [2.75, 3.05) is 0 Å². The zero-order chi connectivity index (χ0) is 27.6. The number of pyridine rings is 1. The van der Waals surface area contributed by atoms with Gasteiger partial charge in [0.15, 0.2) is 11.5 Å². The van der Waals surface area contributed by atoms with Gasteiger partial charge in [-0.05, 0) is 45.8 Å². The van der Waals surface area contributed by atoms with Crippen molar-refractivity contribution in [2.24, 2.45) is 0 Å². The molecule has 0 aliphatic rings. The summed E-state index contributed by atoms with van der Waals surface area (Å²) in [5.41, 5.74) is 7.84. The Bertz CT molecular complexity index is 2450. The van der Waals surface area contributed by atoms with Crippen LogP contribution < -0.4 is 0 Å². The van der Waals surface area contributed by atoms with Gasteiger partial charge < -0.3 is 0 Å². The predicted octanol–water partition coefficient (Wildman–Crippen LogP) is 10.4. The number of aromatic nitrogens is 3. The fraction of sp³-hybridized carbons (Fsp3) is 0. The molecule has 9 aromatic rings. The molecule has 0 unspecified atom stereocenters. The molecule has 4 heteroatoms. The van der Waals surface area contributed by atoms with Crippen LogP contribution in [-0.2, 0) is 0 Å². The highest BCUT2D eigenvalue weighted by Gasteiger charge is 2.17. The average Bonchev–Trinajstić information content (AvgIpc) is 3.68. The molecule has 0 N–H and O–H groups in total. The molecule has 3 aromatic heterocycles. The van der Waals surface area contributed by atoms with Gasteiger partial charge in [-0.1, -0.05) is 121 Å². The highest BCUT2D eigenvalue weighted by atomic mass is 32.1. The highest BCUT2D eigenvalue weighted by Crippen LogP contribution is 2.40. The molecule has 6 aromatic carbocycles. The number of nitrogens with zero attached hydrogens (tertiary/aromatic N) is 3. The first-order valence-electron chi connectivity index (χ1n) is 14.1. The number of para-hydroxylation sites is 1. The summed E-state index contributed by atoms with van der Waals surface area (Å²) in [7, 11) is 0. The molecular formula is C38H23N3S. The third-order valence-corrected chi connectivity index (χ3v) is 9.54. The van der Waals surface area contributed by atoms with Crippen molar-refractivity contribution in [1.82, 2.24) is 14.6 Å². The molecule has 196 valence electrons. The normalized spacial score (nSPS) is 11.8. The molecule has 0 bridgehead atoms. The lowest BCUT2D eigenvalue weighted by Crippen LogP contribution is -1.94. The van der Waals surface area contributed by atoms with Crippen molar-refractivity contribution in [3.63, 3.8) is 0 Å². The molecule has 0 amide bonds. The Kier molecular flexibility index (Phi) is 5.07. The van der Waals surface area contributed by atoms with Crippen LogP contribution in [0.3, 0.4) is 0 Å². The molecule has 0 aliphatic heterocycles. The minimum atomic E-state index is 0.847. The second kappa shape index (κ2) is 9.10. The molecule has 9 rings (SSSR count). The minimum absolute atomic E-state index is 0.847. The van der Waals surface area contributed by atoms with E-state index >= 15 is 0 Å². The zero-order valence-corrected chi connectivity index (χ0v) is 23.3. The number of benzene rings is 6. The maximum atomic E-state index is 4.77. The van der Waals surface area contributed by atoms with Gasteiger partial charge in [-0.25, -0.2) is 0 Å². The fourth-order valence-corrected chi connectivity index (χ4v) is 7.56. The molecule has 0 saturated carbocycles. The van der Waals surface area contributed by atoms with Crippen molar-refractivity contribution in [3.8, 4) is 33.6 Å². The lowest BCUT2D eigenvalue weighted by molar-refractivity contribution is 1.12. The van der Waals surface area contributed by atoms with Crippen LogP contribution in [0.25, 0.3) is 81.1 Å². The Balaban J connectivity index is 1.22. The van der Waals surface area contributed by atoms with Crippen molar-refractivity contribution < 1.29 is 0 Å². The van der Waals surface area contributed by atoms with E-state index in [-0.39, 0.29) is 0 Å². The number of hydrogen-bond donors (Lipinski definition) is 0. The Morgan fingerprint density at radius 3 is 2.05 bits per heavy atom. The van der Waals surface area contributed by atoms with E-state index in [0.717, 1.165) is 27.9 Å². The molecule has 3 nitrogen and oxygen atoms in total. The third-order valence-electron chi connectivity index (χ3n) is 8.32. The topological polar surface area (TPSA) is 30.2 Å². The van der Waals surface area contributed by atoms with Crippen molar-refractivity contribution in [3.05, 3.63) is 140 Å². The fourth-order valence-electron chi connectivity index (χ4n) is 6.32. The van der Waals surface area contributed by atoms with Crippen LogP contribution in [0.2, 0.25) is 0 Å². The van der Waals surface area contributed by atoms with Crippen molar-refractivity contribution in [1.29, 1.82) is 0 Å². The third kappa shape index (κ3) is 3.46. The second-order valence-electron chi connectivity index (χ2n) is 10.7. The lowest BCUT2D eigenvalue weighted by atomic mass is 9.99. The van der Waals surface area contributed by atoms with E-state index in [1.807, 2.05) is 11.3 Å². The molecule has 42 heavy (non-hydrogen) atoms. The summed E-state index contributed by atoms with van der Waals surface area (Å²) in [5, 5.41) is 15.6. The molecule has 0 saturated heterocycles. The van der Waals surface area contributed by atoms with E-state index < -0.39 is 0 Å². The quantitative estimate of drug-likeness (QED) is 0.204. The lowest BCUT2D eigenvalue weighted by Gasteiger charge is -2.11. The molecule has 0 spiro atoms. The van der Waals surface area contributed by atoms with Crippen LogP contribution in [0, 0.1) is 0 Å². The minimum Gasteiger partial charge on any atom is -0.274 e. The summed E-state index contributed by atoms with van der Waals surface area (Å²) in [5.74, 6) is 0.847. The number of hydrogen-bond acceptors (Lipinski definition) is 3. The van der Waals surface area contributed by atoms with E-state index in [4.69, 9.17) is 10.2 Å². The first kappa shape index (κ1) is 23.4. The molecule has 0 aliphatic carbocycles. The Labute approximate surface area is 245 Å². The van der Waals surface area contributed by atoms with Crippen LogP contribution in [0.15, 0.2) is 140 Å². The summed E-state index contributed by atoms with van der Waals surface area (Å²) in [4.78, 5) is 0. The molecule has 0 fully saturated rings. The smallest absolute Gasteiger partial charge is 0.169 e. The molecular weight excluding hydrogens is 531 g/mol. The maximum absolute atomic E-state index is 4.77. The van der Waals surface area contributed by atoms with Crippen molar-refractivity contribution >= 4 is 58.8 Å². The SMILES string of the molecule is c1ccc(-c2ccc3c4ccccc4n4c(-c5ccc(-c6cccc7c6sc6ccccc67)cc5)nnc4c3c2)cc1. The van der Waals surface area contributed by atoms with Crippen LogP contribution in [-0.4, -0.2) is 14.6 Å². The van der Waals surface area contributed by atoms with E-state index in [1.165, 1.54) is 53.2 Å². The monoisotopic (exact) mass is 553 g/mol. The summed E-state index contributed by atoms with van der Waals surface area (Å²) in [6.45, 7) is 0. The Morgan fingerprint density at radius 2 is 1.17 bits per heavy atom. The molecule has 3 heterocycles. The van der Waals surface area contributed by atoms with Gasteiger partial charge >= 0.3 is 0 Å². The Hall–Kier alpha value is -5.32. The van der Waals surface area contributed by atoms with E-state index in [2.05, 4.69) is 144 Å². The zero-order valence-electron chi connectivity index (χ0n) is 22.5. The number of thiophene rings is 1. The van der Waals surface area contributed by atoms with Gasteiger partial charge in [0, 0.05) is 36.5 Å². The Morgan fingerprint density at radius 1 is 0.452 bits per heavy atom. The van der Waals surface area contributed by atoms with Crippen LogP contribution in [0.5, 0.6) is 0 Å². The first-order valence-corrected chi connectivity index (χ1v) is 14.9. The van der Waals surface area contributed by atoms with Crippen molar-refractivity contribution in [2.45, 2.75) is 0 Å². The summed E-state index contributed by atoms with van der Waals surface area (Å²) in [6.07, 6.45) is 0. The van der Waals surface area contributed by atoms with Crippen LogP contribution in [0.1, 0.15) is 0 Å². The standard InChI is InChI=1S/C38H23N3S/c1-2-9-24(10-3-1)27-21-22-29-30-11-4-6-15-34(30)41-37(39-40-38(41)33(29)23-27)26-19-17-25(18-20-26)28-13-8-14-32-31-12-5-7-16-35(31)42-36(28)32/h1-23H. The number of fused-ring (bicyclic) bond motifs is 9. The van der Waals surface area contributed by atoms with Crippen LogP contribution in [0.4, 0.5) is 0 Å². The van der Waals surface area contributed by atoms with Crippen LogP contribution >= 0.6 is 11.3 Å². The number of rotatable bonds is 3. The van der Waals surface area contributed by atoms with E-state index in [1.54, 1.807) is 0 Å². The van der Waals surface area contributed by atoms with Gasteiger partial charge in [-0.3, -0.25) is 4.40 Å². The van der Waals surface area contributed by atoms with Gasteiger partial charge in [0.1, 0.15) is 0 Å². The van der Waals surface area contributed by atoms with E-state index in [9.17, 15) is 0 Å². The maximum Gasteiger partial charge on any atom is 0.169 e. The van der Waals surface area contributed by atoms with Gasteiger partial charge in [0.25, 0.3) is 0 Å². The summed E-state index contributed by atoms with van der Waals surface area (Å²) >= 11 is 1.86. The molecule has 0 atom stereocenters.